The molecule has 2 aliphatic rings. The normalized spacial score (nSPS) is 22.6. The summed E-state index contributed by atoms with van der Waals surface area (Å²) in [6, 6.07) is 12.5. The van der Waals surface area contributed by atoms with E-state index in [0.29, 0.717) is 18.8 Å². The largest absolute Gasteiger partial charge is 0.273 e. The van der Waals surface area contributed by atoms with Crippen LogP contribution in [0.3, 0.4) is 0 Å². The van der Waals surface area contributed by atoms with E-state index < -0.39 is 22.7 Å². The number of nitrogens with zero attached hydrogens (tertiary/aromatic N) is 3. The second-order valence-corrected chi connectivity index (χ2v) is 9.33. The van der Waals surface area contributed by atoms with Crippen molar-refractivity contribution in [2.75, 3.05) is 0 Å². The first kappa shape index (κ1) is 22.1. The molecule has 2 aromatic carbocycles. The number of imide groups is 1. The molecule has 9 heteroatoms. The molecule has 8 nitrogen and oxygen atoms in total. The van der Waals surface area contributed by atoms with Gasteiger partial charge in [-0.25, -0.2) is 5.01 Å². The number of benzene rings is 2. The Morgan fingerprint density at radius 2 is 1.81 bits per heavy atom. The second-order valence-electron chi connectivity index (χ2n) is 8.42. The Labute approximate surface area is 193 Å². The first-order chi connectivity index (χ1) is 15.3. The Hall–Kier alpha value is -3.07. The minimum absolute atomic E-state index is 0.0126. The maximum atomic E-state index is 13.5. The minimum atomic E-state index is -0.634. The van der Waals surface area contributed by atoms with Gasteiger partial charge >= 0.3 is 0 Å². The minimum Gasteiger partial charge on any atom is -0.272 e. The molecular weight excluding hydrogens is 478 g/mol. The van der Waals surface area contributed by atoms with E-state index in [1.165, 1.54) is 18.2 Å². The molecule has 1 aliphatic heterocycles. The highest BCUT2D eigenvalue weighted by Crippen LogP contribution is 2.41. The highest BCUT2D eigenvalue weighted by atomic mass is 79.9. The van der Waals surface area contributed by atoms with E-state index in [-0.39, 0.29) is 29.6 Å². The van der Waals surface area contributed by atoms with Crippen molar-refractivity contribution in [3.63, 3.8) is 0 Å². The lowest BCUT2D eigenvalue weighted by atomic mass is 9.76. The summed E-state index contributed by atoms with van der Waals surface area (Å²) in [6.07, 6.45) is 2.09. The molecule has 2 fully saturated rings. The topological polar surface area (TPSA) is 101 Å². The average Bonchev–Trinajstić information content (AvgIpc) is 3.02. The van der Waals surface area contributed by atoms with Gasteiger partial charge in [-0.3, -0.25) is 24.5 Å². The van der Waals surface area contributed by atoms with Crippen molar-refractivity contribution in [1.82, 2.24) is 10.0 Å². The fourth-order valence-electron chi connectivity index (χ4n) is 4.51. The highest BCUT2D eigenvalue weighted by Gasteiger charge is 2.52. The van der Waals surface area contributed by atoms with Gasteiger partial charge in [0.2, 0.25) is 0 Å². The number of amides is 3. The Kier molecular flexibility index (Phi) is 6.10. The third-order valence-corrected chi connectivity index (χ3v) is 6.72. The van der Waals surface area contributed by atoms with E-state index in [9.17, 15) is 24.5 Å². The molecule has 0 spiro atoms. The van der Waals surface area contributed by atoms with Crippen molar-refractivity contribution in [2.45, 2.75) is 32.7 Å². The van der Waals surface area contributed by atoms with Crippen molar-refractivity contribution < 1.29 is 19.3 Å². The number of hydrogen-bond donors (Lipinski definition) is 0. The zero-order valence-electron chi connectivity index (χ0n) is 17.4. The first-order valence-electron chi connectivity index (χ1n) is 10.4. The van der Waals surface area contributed by atoms with Gasteiger partial charge < -0.3 is 0 Å². The van der Waals surface area contributed by atoms with E-state index in [1.807, 2.05) is 0 Å². The fourth-order valence-corrected chi connectivity index (χ4v) is 4.77. The molecule has 3 atom stereocenters. The Morgan fingerprint density at radius 3 is 2.50 bits per heavy atom. The predicted molar refractivity (Wildman–Crippen MR) is 119 cm³/mol. The maximum Gasteiger partial charge on any atom is 0.273 e. The summed E-state index contributed by atoms with van der Waals surface area (Å²) in [5.41, 5.74) is 0.525. The van der Waals surface area contributed by atoms with Gasteiger partial charge in [-0.2, -0.15) is 5.01 Å². The molecule has 0 aromatic heterocycles. The number of carbonyl (C=O) groups excluding carboxylic acids is 3. The van der Waals surface area contributed by atoms with E-state index in [2.05, 4.69) is 22.9 Å². The number of non-ortho nitro benzene ring substituents is 1. The Balaban J connectivity index is 1.72. The van der Waals surface area contributed by atoms with Crippen molar-refractivity contribution in [2.24, 2.45) is 17.8 Å². The number of hydrogen-bond acceptors (Lipinski definition) is 5. The summed E-state index contributed by atoms with van der Waals surface area (Å²) in [5, 5.41) is 13.3. The van der Waals surface area contributed by atoms with E-state index >= 15 is 0 Å². The van der Waals surface area contributed by atoms with Crippen LogP contribution in [0.4, 0.5) is 5.69 Å². The number of halogens is 1. The van der Waals surface area contributed by atoms with Crippen molar-refractivity contribution >= 4 is 39.3 Å². The Morgan fingerprint density at radius 1 is 1.12 bits per heavy atom. The molecule has 0 unspecified atom stereocenters. The number of rotatable bonds is 5. The summed E-state index contributed by atoms with van der Waals surface area (Å²) < 4.78 is 0.853. The lowest BCUT2D eigenvalue weighted by Crippen LogP contribution is -2.49. The standard InChI is InChI=1S/C23H22BrN3O5/c1-14-5-10-19-20(11-14)23(30)26(22(19)29)25(13-15-6-8-17(24)9-7-15)21(28)16-3-2-4-18(12-16)27(31)32/h2-4,6-9,12,14,19-20H,5,10-11,13H2,1H3/t14-,19+,20-/m1/s1. The van der Waals surface area contributed by atoms with Crippen LogP contribution in [0.5, 0.6) is 0 Å². The lowest BCUT2D eigenvalue weighted by Gasteiger charge is -2.30. The van der Waals surface area contributed by atoms with Crippen LogP contribution in [0.1, 0.15) is 42.1 Å². The highest BCUT2D eigenvalue weighted by molar-refractivity contribution is 9.10. The molecule has 1 aliphatic carbocycles. The molecule has 166 valence electrons. The zero-order chi connectivity index (χ0) is 23.0. The quantitative estimate of drug-likeness (QED) is 0.346. The van der Waals surface area contributed by atoms with Crippen LogP contribution >= 0.6 is 15.9 Å². The fraction of sp³-hybridized carbons (Fsp3) is 0.348. The molecule has 2 aromatic rings. The SMILES string of the molecule is C[C@@H]1CC[C@@H]2C(=O)N(N(Cc3ccc(Br)cc3)C(=O)c3cccc([N+](=O)[O-])c3)C(=O)[C@@H]2C1. The summed E-state index contributed by atoms with van der Waals surface area (Å²) in [4.78, 5) is 50.6. The van der Waals surface area contributed by atoms with Gasteiger partial charge in [0.1, 0.15) is 0 Å². The van der Waals surface area contributed by atoms with Gasteiger partial charge in [0.25, 0.3) is 23.4 Å². The van der Waals surface area contributed by atoms with Crippen LogP contribution in [0, 0.1) is 27.9 Å². The molecule has 4 rings (SSSR count). The third kappa shape index (κ3) is 4.17. The second kappa shape index (κ2) is 8.82. The zero-order valence-corrected chi connectivity index (χ0v) is 19.0. The first-order valence-corrected chi connectivity index (χ1v) is 11.2. The van der Waals surface area contributed by atoms with Crippen LogP contribution in [0.2, 0.25) is 0 Å². The summed E-state index contributed by atoms with van der Waals surface area (Å²) in [7, 11) is 0. The third-order valence-electron chi connectivity index (χ3n) is 6.19. The van der Waals surface area contributed by atoms with E-state index in [4.69, 9.17) is 0 Å². The van der Waals surface area contributed by atoms with Crippen molar-refractivity contribution in [1.29, 1.82) is 0 Å². The summed E-state index contributed by atoms with van der Waals surface area (Å²) >= 11 is 3.37. The van der Waals surface area contributed by atoms with Crippen LogP contribution in [-0.2, 0) is 16.1 Å². The average molecular weight is 500 g/mol. The van der Waals surface area contributed by atoms with Gasteiger partial charge in [0.15, 0.2) is 0 Å². The van der Waals surface area contributed by atoms with E-state index in [0.717, 1.165) is 32.5 Å². The van der Waals surface area contributed by atoms with Crippen molar-refractivity contribution in [3.05, 3.63) is 74.2 Å². The number of hydrazine groups is 1. The maximum absolute atomic E-state index is 13.5. The molecule has 0 radical (unpaired) electrons. The molecule has 3 amide bonds. The van der Waals surface area contributed by atoms with Crippen LogP contribution in [-0.4, -0.2) is 32.7 Å². The Bertz CT molecular complexity index is 1090. The predicted octanol–water partition coefficient (Wildman–Crippen LogP) is 4.34. The molecule has 0 N–H and O–H groups in total. The van der Waals surface area contributed by atoms with Gasteiger partial charge in [0, 0.05) is 22.2 Å². The van der Waals surface area contributed by atoms with Gasteiger partial charge in [0.05, 0.1) is 23.3 Å². The van der Waals surface area contributed by atoms with Gasteiger partial charge in [-0.1, -0.05) is 41.1 Å². The van der Waals surface area contributed by atoms with Crippen molar-refractivity contribution in [3.8, 4) is 0 Å². The number of carbonyl (C=O) groups is 3. The number of nitro benzene ring substituents is 1. The monoisotopic (exact) mass is 499 g/mol. The number of fused-ring (bicyclic) bond motifs is 1. The summed E-state index contributed by atoms with van der Waals surface area (Å²) in [6.45, 7) is 2.05. The molecule has 1 saturated carbocycles. The molecule has 1 heterocycles. The molecule has 32 heavy (non-hydrogen) atoms. The van der Waals surface area contributed by atoms with Gasteiger partial charge in [-0.15, -0.1) is 0 Å². The molecule has 0 bridgehead atoms. The van der Waals surface area contributed by atoms with Crippen LogP contribution < -0.4 is 0 Å². The smallest absolute Gasteiger partial charge is 0.272 e. The lowest BCUT2D eigenvalue weighted by molar-refractivity contribution is -0.384. The van der Waals surface area contributed by atoms with Gasteiger partial charge in [-0.05, 0) is 48.9 Å². The van der Waals surface area contributed by atoms with Crippen LogP contribution in [0.25, 0.3) is 0 Å². The van der Waals surface area contributed by atoms with Crippen LogP contribution in [0.15, 0.2) is 53.0 Å². The number of nitro groups is 1. The summed E-state index contributed by atoms with van der Waals surface area (Å²) in [5.74, 6) is -1.91. The molecular formula is C23H22BrN3O5. The van der Waals surface area contributed by atoms with E-state index in [1.54, 1.807) is 24.3 Å². The molecule has 1 saturated heterocycles.